The molecule has 1 fully saturated rings. The van der Waals surface area contributed by atoms with E-state index in [0.29, 0.717) is 0 Å². The van der Waals surface area contributed by atoms with Gasteiger partial charge in [-0.25, -0.2) is 9.78 Å². The van der Waals surface area contributed by atoms with Crippen LogP contribution in [-0.4, -0.2) is 27.5 Å². The molecule has 17 heavy (non-hydrogen) atoms. The highest BCUT2D eigenvalue weighted by Crippen LogP contribution is 2.34. The maximum absolute atomic E-state index is 11.9. The Bertz CT molecular complexity index is 446. The number of carboxylic acids is 1. The number of aromatic carboxylic acids is 1. The first-order chi connectivity index (χ1) is 8.06. The zero-order valence-corrected chi connectivity index (χ0v) is 10.3. The van der Waals surface area contributed by atoms with E-state index in [1.54, 1.807) is 0 Å². The Morgan fingerprint density at radius 1 is 1.59 bits per heavy atom. The Morgan fingerprint density at radius 2 is 2.29 bits per heavy atom. The number of carbonyl (C=O) groups is 2. The van der Waals surface area contributed by atoms with E-state index < -0.39 is 5.97 Å². The van der Waals surface area contributed by atoms with E-state index in [2.05, 4.69) is 10.3 Å². The van der Waals surface area contributed by atoms with Crippen molar-refractivity contribution in [3.63, 3.8) is 0 Å². The molecule has 1 amide bonds. The van der Waals surface area contributed by atoms with Gasteiger partial charge in [-0.3, -0.25) is 4.79 Å². The lowest BCUT2D eigenvalue weighted by Gasteiger charge is -2.41. The van der Waals surface area contributed by atoms with Gasteiger partial charge in [0.2, 0.25) is 0 Å². The van der Waals surface area contributed by atoms with E-state index in [1.165, 1.54) is 5.38 Å². The Hall–Kier alpha value is -1.43. The summed E-state index contributed by atoms with van der Waals surface area (Å²) in [5.74, 6) is -1.36. The summed E-state index contributed by atoms with van der Waals surface area (Å²) in [6, 6.07) is 0. The molecule has 5 nitrogen and oxygen atoms in total. The highest BCUT2D eigenvalue weighted by atomic mass is 32.1. The summed E-state index contributed by atoms with van der Waals surface area (Å²) in [7, 11) is 0. The molecule has 1 aromatic rings. The van der Waals surface area contributed by atoms with Gasteiger partial charge < -0.3 is 10.4 Å². The van der Waals surface area contributed by atoms with Crippen molar-refractivity contribution in [2.75, 3.05) is 0 Å². The standard InChI is InChI=1S/C11H14N2O3S/c1-2-11(4-3-5-11)13-8(14)9-12-7(6-17-9)10(15)16/h6H,2-5H2,1H3,(H,13,14)(H,15,16). The van der Waals surface area contributed by atoms with Gasteiger partial charge in [0.05, 0.1) is 0 Å². The lowest BCUT2D eigenvalue weighted by atomic mass is 9.75. The average Bonchev–Trinajstić information content (AvgIpc) is 2.72. The topological polar surface area (TPSA) is 79.3 Å². The highest BCUT2D eigenvalue weighted by molar-refractivity contribution is 7.11. The molecule has 0 saturated heterocycles. The third-order valence-electron chi connectivity index (χ3n) is 3.28. The SMILES string of the molecule is CCC1(NC(=O)c2nc(C(=O)O)cs2)CCC1. The van der Waals surface area contributed by atoms with Gasteiger partial charge in [-0.1, -0.05) is 6.92 Å². The van der Waals surface area contributed by atoms with Crippen LogP contribution in [0, 0.1) is 0 Å². The average molecular weight is 254 g/mol. The lowest BCUT2D eigenvalue weighted by molar-refractivity contribution is 0.0691. The van der Waals surface area contributed by atoms with Gasteiger partial charge in [0.1, 0.15) is 0 Å². The van der Waals surface area contributed by atoms with Gasteiger partial charge >= 0.3 is 5.97 Å². The Morgan fingerprint density at radius 3 is 2.71 bits per heavy atom. The fraction of sp³-hybridized carbons (Fsp3) is 0.545. The summed E-state index contributed by atoms with van der Waals surface area (Å²) in [5.41, 5.74) is -0.161. The molecule has 2 N–H and O–H groups in total. The van der Waals surface area contributed by atoms with Crippen LogP contribution in [0.2, 0.25) is 0 Å². The van der Waals surface area contributed by atoms with E-state index in [-0.39, 0.29) is 22.1 Å². The Kier molecular flexibility index (Phi) is 3.15. The molecular formula is C11H14N2O3S. The van der Waals surface area contributed by atoms with Crippen LogP contribution in [0.4, 0.5) is 0 Å². The minimum Gasteiger partial charge on any atom is -0.476 e. The van der Waals surface area contributed by atoms with Crippen molar-refractivity contribution < 1.29 is 14.7 Å². The molecule has 0 aromatic carbocycles. The molecule has 1 aliphatic carbocycles. The monoisotopic (exact) mass is 254 g/mol. The first-order valence-electron chi connectivity index (χ1n) is 5.58. The van der Waals surface area contributed by atoms with Crippen molar-refractivity contribution >= 4 is 23.2 Å². The quantitative estimate of drug-likeness (QED) is 0.860. The molecule has 1 aliphatic rings. The number of nitrogens with one attached hydrogen (secondary N) is 1. The number of carboxylic acid groups (broad SMARTS) is 1. The lowest BCUT2D eigenvalue weighted by Crippen LogP contribution is -2.52. The number of aromatic nitrogens is 1. The van der Waals surface area contributed by atoms with Gasteiger partial charge in [0.25, 0.3) is 5.91 Å². The van der Waals surface area contributed by atoms with Gasteiger partial charge in [-0.05, 0) is 25.7 Å². The van der Waals surface area contributed by atoms with E-state index in [1.807, 2.05) is 6.92 Å². The van der Waals surface area contributed by atoms with Crippen LogP contribution in [-0.2, 0) is 0 Å². The number of hydrogen-bond acceptors (Lipinski definition) is 4. The van der Waals surface area contributed by atoms with Crippen LogP contribution < -0.4 is 5.32 Å². The molecule has 92 valence electrons. The number of rotatable bonds is 4. The molecule has 2 rings (SSSR count). The molecule has 0 unspecified atom stereocenters. The smallest absolute Gasteiger partial charge is 0.355 e. The summed E-state index contributed by atoms with van der Waals surface area (Å²) in [6.45, 7) is 2.05. The van der Waals surface area contributed by atoms with Crippen LogP contribution in [0.25, 0.3) is 0 Å². The van der Waals surface area contributed by atoms with Crippen LogP contribution in [0.3, 0.4) is 0 Å². The fourth-order valence-corrected chi connectivity index (χ4v) is 2.63. The molecule has 0 spiro atoms. The van der Waals surface area contributed by atoms with Crippen molar-refractivity contribution in [2.45, 2.75) is 38.1 Å². The van der Waals surface area contributed by atoms with Crippen molar-refractivity contribution in [3.8, 4) is 0 Å². The minimum atomic E-state index is -1.10. The maximum Gasteiger partial charge on any atom is 0.355 e. The predicted octanol–water partition coefficient (Wildman–Crippen LogP) is 1.90. The van der Waals surface area contributed by atoms with Crippen molar-refractivity contribution in [3.05, 3.63) is 16.1 Å². The van der Waals surface area contributed by atoms with E-state index in [0.717, 1.165) is 37.0 Å². The predicted molar refractivity (Wildman–Crippen MR) is 63.4 cm³/mol. The van der Waals surface area contributed by atoms with E-state index >= 15 is 0 Å². The second-order valence-electron chi connectivity index (χ2n) is 4.28. The molecule has 1 saturated carbocycles. The number of amides is 1. The van der Waals surface area contributed by atoms with Crippen molar-refractivity contribution in [1.82, 2.24) is 10.3 Å². The van der Waals surface area contributed by atoms with E-state index in [9.17, 15) is 9.59 Å². The second kappa shape index (κ2) is 4.44. The third-order valence-corrected chi connectivity index (χ3v) is 4.12. The zero-order chi connectivity index (χ0) is 12.5. The number of thiazole rings is 1. The number of nitrogens with zero attached hydrogens (tertiary/aromatic N) is 1. The van der Waals surface area contributed by atoms with Gasteiger partial charge in [0, 0.05) is 10.9 Å². The largest absolute Gasteiger partial charge is 0.476 e. The van der Waals surface area contributed by atoms with Gasteiger partial charge in [0.15, 0.2) is 10.7 Å². The van der Waals surface area contributed by atoms with Crippen LogP contribution in [0.5, 0.6) is 0 Å². The molecule has 0 atom stereocenters. The van der Waals surface area contributed by atoms with Crippen LogP contribution >= 0.6 is 11.3 Å². The highest BCUT2D eigenvalue weighted by Gasteiger charge is 2.37. The minimum absolute atomic E-state index is 0.0701. The molecule has 0 radical (unpaired) electrons. The summed E-state index contributed by atoms with van der Waals surface area (Å²) < 4.78 is 0. The van der Waals surface area contributed by atoms with Gasteiger partial charge in [-0.2, -0.15) is 0 Å². The number of hydrogen-bond donors (Lipinski definition) is 2. The van der Waals surface area contributed by atoms with Gasteiger partial charge in [-0.15, -0.1) is 11.3 Å². The third kappa shape index (κ3) is 2.31. The van der Waals surface area contributed by atoms with Crippen LogP contribution in [0.15, 0.2) is 5.38 Å². The molecular weight excluding hydrogens is 240 g/mol. The Labute approximate surface area is 103 Å². The summed E-state index contributed by atoms with van der Waals surface area (Å²) in [6.07, 6.45) is 4.01. The molecule has 6 heteroatoms. The molecule has 1 heterocycles. The summed E-state index contributed by atoms with van der Waals surface area (Å²) >= 11 is 1.07. The summed E-state index contributed by atoms with van der Waals surface area (Å²) in [5, 5.41) is 13.3. The second-order valence-corrected chi connectivity index (χ2v) is 5.14. The normalized spacial score (nSPS) is 17.2. The van der Waals surface area contributed by atoms with Crippen LogP contribution in [0.1, 0.15) is 52.9 Å². The maximum atomic E-state index is 11.9. The molecule has 0 bridgehead atoms. The van der Waals surface area contributed by atoms with Crippen molar-refractivity contribution in [2.24, 2.45) is 0 Å². The first kappa shape index (κ1) is 12.0. The molecule has 1 aromatic heterocycles. The van der Waals surface area contributed by atoms with E-state index in [4.69, 9.17) is 5.11 Å². The Balaban J connectivity index is 2.06. The van der Waals surface area contributed by atoms with Crippen molar-refractivity contribution in [1.29, 1.82) is 0 Å². The molecule has 0 aliphatic heterocycles. The fourth-order valence-electron chi connectivity index (χ4n) is 1.94. The zero-order valence-electron chi connectivity index (χ0n) is 9.52. The summed E-state index contributed by atoms with van der Waals surface area (Å²) in [4.78, 5) is 26.3. The first-order valence-corrected chi connectivity index (χ1v) is 6.45. The number of carbonyl (C=O) groups excluding carboxylic acids is 1.